The molecule has 0 bridgehead atoms. The van der Waals surface area contributed by atoms with Crippen LogP contribution in [0.3, 0.4) is 0 Å². The second kappa shape index (κ2) is 9.64. The van der Waals surface area contributed by atoms with Crippen LogP contribution in [0, 0.1) is 10.1 Å². The Kier molecular flexibility index (Phi) is 6.96. The normalized spacial score (nSPS) is 14.3. The van der Waals surface area contributed by atoms with Crippen molar-refractivity contribution >= 4 is 34.6 Å². The summed E-state index contributed by atoms with van der Waals surface area (Å²) in [5, 5.41) is 14.5. The number of nitro benzene ring substituents is 1. The van der Waals surface area contributed by atoms with Gasteiger partial charge >= 0.3 is 0 Å². The van der Waals surface area contributed by atoms with E-state index in [0.717, 1.165) is 0 Å². The Morgan fingerprint density at radius 3 is 2.30 bits per heavy atom. The Balaban J connectivity index is 1.58. The Hall–Kier alpha value is -3.04. The van der Waals surface area contributed by atoms with Crippen LogP contribution in [0.2, 0.25) is 5.02 Å². The molecule has 1 aliphatic rings. The van der Waals surface area contributed by atoms with E-state index in [0.29, 0.717) is 54.1 Å². The summed E-state index contributed by atoms with van der Waals surface area (Å²) < 4.78 is 10.4. The molecule has 0 aliphatic carbocycles. The third-order valence-electron chi connectivity index (χ3n) is 4.85. The van der Waals surface area contributed by atoms with Crippen molar-refractivity contribution in [2.24, 2.45) is 0 Å². The zero-order valence-electron chi connectivity index (χ0n) is 16.8. The first-order valence-corrected chi connectivity index (χ1v) is 9.71. The average Bonchev–Trinajstić information content (AvgIpc) is 2.73. The summed E-state index contributed by atoms with van der Waals surface area (Å²) in [5.41, 5.74) is 1.12. The average molecular weight is 435 g/mol. The molecule has 9 nitrogen and oxygen atoms in total. The van der Waals surface area contributed by atoms with Gasteiger partial charge in [0.25, 0.3) is 5.69 Å². The molecule has 2 aromatic carbocycles. The molecule has 0 atom stereocenters. The minimum Gasteiger partial charge on any atom is -0.497 e. The summed E-state index contributed by atoms with van der Waals surface area (Å²) >= 11 is 5.89. The zero-order valence-corrected chi connectivity index (χ0v) is 17.5. The fourth-order valence-electron chi connectivity index (χ4n) is 3.34. The number of benzene rings is 2. The van der Waals surface area contributed by atoms with Gasteiger partial charge in [-0.1, -0.05) is 11.6 Å². The second-order valence-corrected chi connectivity index (χ2v) is 7.24. The lowest BCUT2D eigenvalue weighted by atomic mass is 10.2. The molecule has 0 spiro atoms. The zero-order chi connectivity index (χ0) is 21.7. The molecule has 2 aromatic rings. The molecule has 160 valence electrons. The van der Waals surface area contributed by atoms with E-state index in [9.17, 15) is 14.9 Å². The van der Waals surface area contributed by atoms with E-state index in [-0.39, 0.29) is 18.1 Å². The Labute approximate surface area is 179 Å². The van der Waals surface area contributed by atoms with Gasteiger partial charge in [-0.25, -0.2) is 0 Å². The van der Waals surface area contributed by atoms with Crippen molar-refractivity contribution < 1.29 is 19.2 Å². The van der Waals surface area contributed by atoms with Crippen molar-refractivity contribution in [3.05, 3.63) is 51.5 Å². The van der Waals surface area contributed by atoms with E-state index in [1.165, 1.54) is 6.07 Å². The number of hydrogen-bond donors (Lipinski definition) is 1. The van der Waals surface area contributed by atoms with E-state index in [1.54, 1.807) is 44.6 Å². The van der Waals surface area contributed by atoms with Gasteiger partial charge in [-0.05, 0) is 12.1 Å². The molecule has 0 aromatic heterocycles. The third kappa shape index (κ3) is 5.31. The van der Waals surface area contributed by atoms with Crippen LogP contribution in [0.15, 0.2) is 36.4 Å². The number of nitrogens with zero attached hydrogens (tertiary/aromatic N) is 3. The van der Waals surface area contributed by atoms with Crippen molar-refractivity contribution in [3.63, 3.8) is 0 Å². The van der Waals surface area contributed by atoms with Crippen molar-refractivity contribution in [2.75, 3.05) is 57.2 Å². The number of amides is 1. The summed E-state index contributed by atoms with van der Waals surface area (Å²) in [7, 11) is 3.09. The Morgan fingerprint density at radius 2 is 1.73 bits per heavy atom. The van der Waals surface area contributed by atoms with Crippen molar-refractivity contribution in [1.82, 2.24) is 4.90 Å². The third-order valence-corrected chi connectivity index (χ3v) is 5.08. The molecule has 1 heterocycles. The minimum atomic E-state index is -0.427. The van der Waals surface area contributed by atoms with Crippen LogP contribution in [-0.2, 0) is 4.79 Å². The summed E-state index contributed by atoms with van der Waals surface area (Å²) in [5.74, 6) is 1.02. The van der Waals surface area contributed by atoms with Gasteiger partial charge in [-0.3, -0.25) is 19.8 Å². The lowest BCUT2D eigenvalue weighted by Crippen LogP contribution is -2.48. The van der Waals surface area contributed by atoms with Gasteiger partial charge < -0.3 is 19.7 Å². The maximum atomic E-state index is 12.5. The van der Waals surface area contributed by atoms with Crippen LogP contribution >= 0.6 is 11.6 Å². The number of carbonyl (C=O) groups is 1. The van der Waals surface area contributed by atoms with Crippen LogP contribution in [0.25, 0.3) is 0 Å². The molecule has 0 saturated carbocycles. The first-order chi connectivity index (χ1) is 14.4. The van der Waals surface area contributed by atoms with Crippen LogP contribution in [0.1, 0.15) is 0 Å². The maximum Gasteiger partial charge on any atom is 0.294 e. The van der Waals surface area contributed by atoms with Crippen LogP contribution in [0.4, 0.5) is 17.1 Å². The number of piperazine rings is 1. The topological polar surface area (TPSA) is 97.2 Å². The number of carbonyl (C=O) groups excluding carboxylic acids is 1. The van der Waals surface area contributed by atoms with Gasteiger partial charge in [0, 0.05) is 61.2 Å². The number of nitrogens with one attached hydrogen (secondary N) is 1. The van der Waals surface area contributed by atoms with E-state index in [1.807, 2.05) is 9.80 Å². The fourth-order valence-corrected chi connectivity index (χ4v) is 3.51. The molecule has 3 rings (SSSR count). The largest absolute Gasteiger partial charge is 0.497 e. The van der Waals surface area contributed by atoms with Crippen LogP contribution in [-0.4, -0.2) is 62.7 Å². The predicted octanol–water partition coefficient (Wildman–Crippen LogP) is 3.03. The van der Waals surface area contributed by atoms with Gasteiger partial charge in [0.05, 0.1) is 25.7 Å². The highest BCUT2D eigenvalue weighted by atomic mass is 35.5. The summed E-state index contributed by atoms with van der Waals surface area (Å²) in [6.07, 6.45) is 0. The standard InChI is InChI=1S/C20H23ClN4O5/c1-29-16-10-15(11-17(12-16)30-2)22-20(26)13-23-5-7-24(8-6-23)18-4-3-14(21)9-19(18)25(27)28/h3-4,9-12H,5-8,13H2,1-2H3,(H,22,26). The Bertz CT molecular complexity index is 909. The van der Waals surface area contributed by atoms with Gasteiger partial charge in [-0.15, -0.1) is 0 Å². The van der Waals surface area contributed by atoms with Crippen LogP contribution < -0.4 is 19.7 Å². The monoisotopic (exact) mass is 434 g/mol. The molecule has 1 amide bonds. The number of nitro groups is 1. The first kappa shape index (κ1) is 21.7. The van der Waals surface area contributed by atoms with Gasteiger partial charge in [0.15, 0.2) is 0 Å². The minimum absolute atomic E-state index is 0.0133. The van der Waals surface area contributed by atoms with E-state index < -0.39 is 4.92 Å². The number of halogens is 1. The molecule has 0 unspecified atom stereocenters. The van der Waals surface area contributed by atoms with Crippen molar-refractivity contribution in [2.45, 2.75) is 0 Å². The quantitative estimate of drug-likeness (QED) is 0.528. The molecule has 1 fully saturated rings. The smallest absolute Gasteiger partial charge is 0.294 e. The first-order valence-electron chi connectivity index (χ1n) is 9.33. The van der Waals surface area contributed by atoms with Crippen molar-refractivity contribution in [3.8, 4) is 11.5 Å². The number of methoxy groups -OCH3 is 2. The lowest BCUT2D eigenvalue weighted by molar-refractivity contribution is -0.384. The van der Waals surface area contributed by atoms with Gasteiger partial charge in [0.2, 0.25) is 5.91 Å². The lowest BCUT2D eigenvalue weighted by Gasteiger charge is -2.35. The molecule has 1 N–H and O–H groups in total. The van der Waals surface area contributed by atoms with E-state index in [2.05, 4.69) is 5.32 Å². The molecule has 30 heavy (non-hydrogen) atoms. The molecule has 1 aliphatic heterocycles. The van der Waals surface area contributed by atoms with Gasteiger partial charge in [0.1, 0.15) is 17.2 Å². The summed E-state index contributed by atoms with van der Waals surface area (Å²) in [6.45, 7) is 2.57. The summed E-state index contributed by atoms with van der Waals surface area (Å²) in [6, 6.07) is 9.84. The Morgan fingerprint density at radius 1 is 1.10 bits per heavy atom. The molecular formula is C20H23ClN4O5. The highest BCUT2D eigenvalue weighted by Gasteiger charge is 2.25. The SMILES string of the molecule is COc1cc(NC(=O)CN2CCN(c3ccc(Cl)cc3[N+](=O)[O-])CC2)cc(OC)c1. The number of ether oxygens (including phenoxy) is 2. The molecule has 0 radical (unpaired) electrons. The maximum absolute atomic E-state index is 12.5. The predicted molar refractivity (Wildman–Crippen MR) is 115 cm³/mol. The summed E-state index contributed by atoms with van der Waals surface area (Å²) in [4.78, 5) is 27.3. The molecule has 10 heteroatoms. The number of rotatable bonds is 7. The highest BCUT2D eigenvalue weighted by molar-refractivity contribution is 6.30. The highest BCUT2D eigenvalue weighted by Crippen LogP contribution is 2.31. The number of anilines is 2. The molecule has 1 saturated heterocycles. The van der Waals surface area contributed by atoms with Gasteiger partial charge in [-0.2, -0.15) is 0 Å². The molecular weight excluding hydrogens is 412 g/mol. The van der Waals surface area contributed by atoms with Crippen LogP contribution in [0.5, 0.6) is 11.5 Å². The van der Waals surface area contributed by atoms with E-state index >= 15 is 0 Å². The second-order valence-electron chi connectivity index (χ2n) is 6.80. The van der Waals surface area contributed by atoms with Crippen molar-refractivity contribution in [1.29, 1.82) is 0 Å². The number of hydrogen-bond acceptors (Lipinski definition) is 7. The fraction of sp³-hybridized carbons (Fsp3) is 0.350. The van der Waals surface area contributed by atoms with E-state index in [4.69, 9.17) is 21.1 Å².